The van der Waals surface area contributed by atoms with E-state index in [1.54, 1.807) is 14.2 Å². The van der Waals surface area contributed by atoms with Crippen LogP contribution >= 0.6 is 31.9 Å². The number of alkyl halides is 1. The summed E-state index contributed by atoms with van der Waals surface area (Å²) in [6.45, 7) is 0. The second-order valence-electron chi connectivity index (χ2n) is 4.26. The van der Waals surface area contributed by atoms with Crippen molar-refractivity contribution in [1.29, 1.82) is 0 Å². The van der Waals surface area contributed by atoms with Gasteiger partial charge in [-0.05, 0) is 40.4 Å². The van der Waals surface area contributed by atoms with Crippen molar-refractivity contribution in [2.24, 2.45) is 0 Å². The minimum atomic E-state index is 0.534. The molecule has 1 aromatic rings. The molecule has 0 amide bonds. The summed E-state index contributed by atoms with van der Waals surface area (Å²) in [5, 5.41) is 0. The van der Waals surface area contributed by atoms with Crippen LogP contribution in [0.2, 0.25) is 0 Å². The van der Waals surface area contributed by atoms with Crippen molar-refractivity contribution in [2.45, 2.75) is 30.0 Å². The third-order valence-electron chi connectivity index (χ3n) is 3.35. The highest BCUT2D eigenvalue weighted by Crippen LogP contribution is 2.47. The van der Waals surface area contributed by atoms with Crippen molar-refractivity contribution < 1.29 is 9.47 Å². The lowest BCUT2D eigenvalue weighted by atomic mass is 9.96. The molecule has 0 bridgehead atoms. The van der Waals surface area contributed by atoms with E-state index in [1.807, 2.05) is 6.07 Å². The quantitative estimate of drug-likeness (QED) is 0.736. The Hall–Kier alpha value is -0.220. The molecule has 17 heavy (non-hydrogen) atoms. The number of rotatable bonds is 3. The predicted octanol–water partition coefficient (Wildman–Crippen LogP) is 4.50. The second kappa shape index (κ2) is 5.61. The third-order valence-corrected chi connectivity index (χ3v) is 5.19. The first kappa shape index (κ1) is 13.2. The van der Waals surface area contributed by atoms with Crippen LogP contribution < -0.4 is 9.47 Å². The molecule has 1 saturated carbocycles. The normalized spacial score (nSPS) is 23.8. The molecule has 1 aliphatic carbocycles. The monoisotopic (exact) mass is 362 g/mol. The van der Waals surface area contributed by atoms with Crippen LogP contribution in [0.5, 0.6) is 11.5 Å². The van der Waals surface area contributed by atoms with E-state index in [1.165, 1.54) is 24.8 Å². The number of methoxy groups -OCH3 is 2. The van der Waals surface area contributed by atoms with Gasteiger partial charge in [-0.1, -0.05) is 28.4 Å². The van der Waals surface area contributed by atoms with Gasteiger partial charge in [-0.15, -0.1) is 0 Å². The molecule has 2 unspecified atom stereocenters. The Morgan fingerprint density at radius 2 is 1.94 bits per heavy atom. The van der Waals surface area contributed by atoms with E-state index in [4.69, 9.17) is 9.47 Å². The SMILES string of the molecule is COc1ccc(C2CCCC2Br)c(OC)c1Br. The summed E-state index contributed by atoms with van der Waals surface area (Å²) in [6.07, 6.45) is 3.72. The van der Waals surface area contributed by atoms with E-state index in [2.05, 4.69) is 37.9 Å². The molecule has 1 aromatic carbocycles. The van der Waals surface area contributed by atoms with Gasteiger partial charge in [0.15, 0.2) is 0 Å². The van der Waals surface area contributed by atoms with Crippen molar-refractivity contribution in [2.75, 3.05) is 14.2 Å². The zero-order chi connectivity index (χ0) is 12.4. The molecule has 0 spiro atoms. The fraction of sp³-hybridized carbons (Fsp3) is 0.538. The summed E-state index contributed by atoms with van der Waals surface area (Å²) in [5.41, 5.74) is 1.26. The van der Waals surface area contributed by atoms with E-state index in [-0.39, 0.29) is 0 Å². The van der Waals surface area contributed by atoms with Crippen LogP contribution in [0.3, 0.4) is 0 Å². The summed E-state index contributed by atoms with van der Waals surface area (Å²) >= 11 is 7.32. The summed E-state index contributed by atoms with van der Waals surface area (Å²) < 4.78 is 11.7. The number of hydrogen-bond donors (Lipinski definition) is 0. The minimum Gasteiger partial charge on any atom is -0.495 e. The summed E-state index contributed by atoms with van der Waals surface area (Å²) in [5.74, 6) is 2.25. The minimum absolute atomic E-state index is 0.534. The molecule has 2 nitrogen and oxygen atoms in total. The lowest BCUT2D eigenvalue weighted by molar-refractivity contribution is 0.384. The van der Waals surface area contributed by atoms with Gasteiger partial charge in [0.1, 0.15) is 16.0 Å². The first-order valence-corrected chi connectivity index (χ1v) is 7.44. The first-order valence-electron chi connectivity index (χ1n) is 5.73. The fourth-order valence-electron chi connectivity index (χ4n) is 2.48. The van der Waals surface area contributed by atoms with Gasteiger partial charge in [-0.3, -0.25) is 0 Å². The van der Waals surface area contributed by atoms with E-state index in [9.17, 15) is 0 Å². The molecular formula is C13H16Br2O2. The molecule has 0 aliphatic heterocycles. The number of benzene rings is 1. The fourth-order valence-corrected chi connectivity index (χ4v) is 4.03. The zero-order valence-electron chi connectivity index (χ0n) is 10.0. The molecule has 0 saturated heterocycles. The van der Waals surface area contributed by atoms with Gasteiger partial charge >= 0.3 is 0 Å². The highest BCUT2D eigenvalue weighted by atomic mass is 79.9. The van der Waals surface area contributed by atoms with Gasteiger partial charge in [0.25, 0.3) is 0 Å². The molecule has 4 heteroatoms. The molecule has 0 radical (unpaired) electrons. The summed E-state index contributed by atoms with van der Waals surface area (Å²) in [6, 6.07) is 4.12. The molecule has 0 aromatic heterocycles. The van der Waals surface area contributed by atoms with E-state index in [0.29, 0.717) is 10.7 Å². The third kappa shape index (κ3) is 2.48. The standard InChI is InChI=1S/C13H16Br2O2/c1-16-11-7-6-9(13(17-2)12(11)15)8-4-3-5-10(8)14/h6-8,10H,3-5H2,1-2H3. The average molecular weight is 364 g/mol. The van der Waals surface area contributed by atoms with Crippen molar-refractivity contribution in [1.82, 2.24) is 0 Å². The van der Waals surface area contributed by atoms with Crippen molar-refractivity contribution >= 4 is 31.9 Å². The molecular weight excluding hydrogens is 348 g/mol. The largest absolute Gasteiger partial charge is 0.495 e. The number of halogens is 2. The van der Waals surface area contributed by atoms with Gasteiger partial charge in [0, 0.05) is 10.7 Å². The maximum atomic E-state index is 5.53. The molecule has 0 N–H and O–H groups in total. The second-order valence-corrected chi connectivity index (χ2v) is 6.23. The van der Waals surface area contributed by atoms with E-state index < -0.39 is 0 Å². The first-order chi connectivity index (χ1) is 8.19. The maximum absolute atomic E-state index is 5.53. The van der Waals surface area contributed by atoms with Crippen LogP contribution in [0.25, 0.3) is 0 Å². The van der Waals surface area contributed by atoms with Crippen LogP contribution in [0.15, 0.2) is 16.6 Å². The van der Waals surface area contributed by atoms with Crippen LogP contribution in [0.4, 0.5) is 0 Å². The van der Waals surface area contributed by atoms with Crippen molar-refractivity contribution in [3.63, 3.8) is 0 Å². The van der Waals surface area contributed by atoms with E-state index in [0.717, 1.165) is 16.0 Å². The molecule has 94 valence electrons. The average Bonchev–Trinajstić information content (AvgIpc) is 2.75. The van der Waals surface area contributed by atoms with Gasteiger partial charge in [0.05, 0.1) is 14.2 Å². The maximum Gasteiger partial charge on any atom is 0.140 e. The van der Waals surface area contributed by atoms with Crippen LogP contribution in [-0.2, 0) is 0 Å². The lowest BCUT2D eigenvalue weighted by Crippen LogP contribution is -2.07. The Balaban J connectivity index is 2.43. The highest BCUT2D eigenvalue weighted by Gasteiger charge is 2.30. The smallest absolute Gasteiger partial charge is 0.140 e. The lowest BCUT2D eigenvalue weighted by Gasteiger charge is -2.20. The predicted molar refractivity (Wildman–Crippen MR) is 76.6 cm³/mol. The summed E-state index contributed by atoms with van der Waals surface area (Å²) in [7, 11) is 3.38. The molecule has 2 rings (SSSR count). The molecule has 1 fully saturated rings. The highest BCUT2D eigenvalue weighted by molar-refractivity contribution is 9.10. The Morgan fingerprint density at radius 1 is 1.18 bits per heavy atom. The van der Waals surface area contributed by atoms with E-state index >= 15 is 0 Å². The number of ether oxygens (including phenoxy) is 2. The van der Waals surface area contributed by atoms with Crippen LogP contribution in [0.1, 0.15) is 30.7 Å². The van der Waals surface area contributed by atoms with Crippen molar-refractivity contribution in [3.8, 4) is 11.5 Å². The van der Waals surface area contributed by atoms with Crippen LogP contribution in [-0.4, -0.2) is 19.0 Å². The Bertz CT molecular complexity index is 407. The van der Waals surface area contributed by atoms with Crippen LogP contribution in [0, 0.1) is 0 Å². The summed E-state index contributed by atoms with van der Waals surface area (Å²) in [4.78, 5) is 0.552. The molecule has 0 heterocycles. The van der Waals surface area contributed by atoms with Gasteiger partial charge in [0.2, 0.25) is 0 Å². The Labute approximate surface area is 119 Å². The Kier molecular flexibility index (Phi) is 4.36. The van der Waals surface area contributed by atoms with Gasteiger partial charge in [-0.25, -0.2) is 0 Å². The van der Waals surface area contributed by atoms with Gasteiger partial charge < -0.3 is 9.47 Å². The molecule has 1 aliphatic rings. The Morgan fingerprint density at radius 3 is 2.47 bits per heavy atom. The molecule has 2 atom stereocenters. The van der Waals surface area contributed by atoms with Gasteiger partial charge in [-0.2, -0.15) is 0 Å². The van der Waals surface area contributed by atoms with Crippen molar-refractivity contribution in [3.05, 3.63) is 22.2 Å². The topological polar surface area (TPSA) is 18.5 Å². The number of hydrogen-bond acceptors (Lipinski definition) is 2. The zero-order valence-corrected chi connectivity index (χ0v) is 13.2.